The van der Waals surface area contributed by atoms with Gasteiger partial charge in [0.1, 0.15) is 23.2 Å². The average molecular weight is 482 g/mol. The number of aromatic nitrogens is 1. The van der Waals surface area contributed by atoms with Crippen LogP contribution in [-0.2, 0) is 14.3 Å². The molecular formula is C25H21ClFN3O4. The molecule has 0 radical (unpaired) electrons. The van der Waals surface area contributed by atoms with Gasteiger partial charge in [-0.1, -0.05) is 11.6 Å². The standard InChI is InChI=1S/C25H21ClFN3O4/c1-15-10-17(16(2)30(15)20-5-7-21(33-3)8-6-20)11-18(13-28)25(32)34-14-24(31)29-23-9-4-19(27)12-22(23)26/h4-12H,14H2,1-3H3,(H,29,31)/b18-11+. The first-order valence-electron chi connectivity index (χ1n) is 10.1. The molecule has 0 aliphatic rings. The van der Waals surface area contributed by atoms with Gasteiger partial charge in [-0.05, 0) is 74.0 Å². The number of ether oxygens (including phenoxy) is 2. The van der Waals surface area contributed by atoms with Crippen molar-refractivity contribution in [3.05, 3.63) is 81.9 Å². The van der Waals surface area contributed by atoms with Crippen molar-refractivity contribution in [2.45, 2.75) is 13.8 Å². The Hall–Kier alpha value is -4.09. The van der Waals surface area contributed by atoms with Crippen LogP contribution >= 0.6 is 11.6 Å². The molecule has 0 aliphatic heterocycles. The molecule has 2 aromatic carbocycles. The van der Waals surface area contributed by atoms with E-state index in [-0.39, 0.29) is 16.3 Å². The Labute approximate surface area is 201 Å². The van der Waals surface area contributed by atoms with Crippen LogP contribution in [0.1, 0.15) is 17.0 Å². The van der Waals surface area contributed by atoms with Gasteiger partial charge in [0, 0.05) is 17.1 Å². The molecule has 1 amide bonds. The number of hydrogen-bond donors (Lipinski definition) is 1. The van der Waals surface area contributed by atoms with Crippen molar-refractivity contribution < 1.29 is 23.5 Å². The maximum Gasteiger partial charge on any atom is 0.349 e. The molecular weight excluding hydrogens is 461 g/mol. The summed E-state index contributed by atoms with van der Waals surface area (Å²) >= 11 is 5.87. The van der Waals surface area contributed by atoms with Crippen LogP contribution in [0.25, 0.3) is 11.8 Å². The predicted octanol–water partition coefficient (Wildman–Crippen LogP) is 4.98. The van der Waals surface area contributed by atoms with E-state index in [9.17, 15) is 19.2 Å². The minimum atomic E-state index is -0.947. The Morgan fingerprint density at radius 1 is 1.18 bits per heavy atom. The lowest BCUT2D eigenvalue weighted by atomic mass is 10.1. The van der Waals surface area contributed by atoms with Gasteiger partial charge >= 0.3 is 5.97 Å². The highest BCUT2D eigenvalue weighted by atomic mass is 35.5. The van der Waals surface area contributed by atoms with Crippen molar-refractivity contribution in [1.29, 1.82) is 5.26 Å². The third-order valence-electron chi connectivity index (χ3n) is 4.98. The Morgan fingerprint density at radius 3 is 2.50 bits per heavy atom. The zero-order valence-electron chi connectivity index (χ0n) is 18.7. The van der Waals surface area contributed by atoms with Crippen LogP contribution in [0, 0.1) is 31.0 Å². The second-order valence-corrected chi connectivity index (χ2v) is 7.69. The number of nitrogens with one attached hydrogen (secondary N) is 1. The van der Waals surface area contributed by atoms with E-state index in [1.165, 1.54) is 12.1 Å². The lowest BCUT2D eigenvalue weighted by Gasteiger charge is -2.10. The van der Waals surface area contributed by atoms with E-state index in [4.69, 9.17) is 21.1 Å². The summed E-state index contributed by atoms with van der Waals surface area (Å²) in [5.74, 6) is -1.45. The first kappa shape index (κ1) is 24.6. The number of nitriles is 1. The van der Waals surface area contributed by atoms with Crippen LogP contribution in [0.2, 0.25) is 5.02 Å². The molecule has 0 saturated carbocycles. The van der Waals surface area contributed by atoms with Crippen LogP contribution in [0.3, 0.4) is 0 Å². The Balaban J connectivity index is 1.72. The highest BCUT2D eigenvalue weighted by Gasteiger charge is 2.17. The minimum absolute atomic E-state index is 0.00417. The molecule has 0 fully saturated rings. The summed E-state index contributed by atoms with van der Waals surface area (Å²) in [4.78, 5) is 24.5. The van der Waals surface area contributed by atoms with Gasteiger partial charge in [0.25, 0.3) is 5.91 Å². The molecule has 7 nitrogen and oxygen atoms in total. The van der Waals surface area contributed by atoms with E-state index in [1.54, 1.807) is 7.11 Å². The molecule has 3 aromatic rings. The number of benzene rings is 2. The molecule has 174 valence electrons. The smallest absolute Gasteiger partial charge is 0.349 e. The fraction of sp³-hybridized carbons (Fsp3) is 0.160. The van der Waals surface area contributed by atoms with Gasteiger partial charge in [0.05, 0.1) is 17.8 Å². The first-order chi connectivity index (χ1) is 16.2. The molecule has 0 spiro atoms. The number of hydrogen-bond acceptors (Lipinski definition) is 5. The second kappa shape index (κ2) is 10.7. The Bertz CT molecular complexity index is 1310. The number of aryl methyl sites for hydroxylation is 1. The minimum Gasteiger partial charge on any atom is -0.497 e. The number of carbonyl (C=O) groups excluding carboxylic acids is 2. The number of nitrogens with zero attached hydrogens (tertiary/aromatic N) is 2. The summed E-state index contributed by atoms with van der Waals surface area (Å²) in [5.41, 5.74) is 3.17. The number of esters is 1. The zero-order chi connectivity index (χ0) is 24.8. The van der Waals surface area contributed by atoms with Crippen molar-refractivity contribution in [1.82, 2.24) is 4.57 Å². The fourth-order valence-electron chi connectivity index (χ4n) is 3.34. The highest BCUT2D eigenvalue weighted by Crippen LogP contribution is 2.25. The Kier molecular flexibility index (Phi) is 7.71. The summed E-state index contributed by atoms with van der Waals surface area (Å²) in [6.45, 7) is 3.13. The van der Waals surface area contributed by atoms with Gasteiger partial charge in [-0.3, -0.25) is 4.79 Å². The summed E-state index contributed by atoms with van der Waals surface area (Å²) < 4.78 is 25.3. The number of methoxy groups -OCH3 is 1. The maximum absolute atomic E-state index is 13.1. The third kappa shape index (κ3) is 5.63. The first-order valence-corrected chi connectivity index (χ1v) is 10.5. The van der Waals surface area contributed by atoms with Crippen LogP contribution in [-0.4, -0.2) is 30.2 Å². The van der Waals surface area contributed by atoms with Gasteiger partial charge < -0.3 is 19.4 Å². The van der Waals surface area contributed by atoms with Gasteiger partial charge in [0.15, 0.2) is 6.61 Å². The summed E-state index contributed by atoms with van der Waals surface area (Å²) in [5, 5.41) is 11.9. The predicted molar refractivity (Wildman–Crippen MR) is 126 cm³/mol. The van der Waals surface area contributed by atoms with E-state index >= 15 is 0 Å². The van der Waals surface area contributed by atoms with Crippen molar-refractivity contribution in [2.75, 3.05) is 19.0 Å². The Morgan fingerprint density at radius 2 is 1.88 bits per heavy atom. The average Bonchev–Trinajstić information content (AvgIpc) is 3.10. The van der Waals surface area contributed by atoms with Crippen LogP contribution in [0.4, 0.5) is 10.1 Å². The van der Waals surface area contributed by atoms with Crippen LogP contribution in [0.15, 0.2) is 54.1 Å². The summed E-state index contributed by atoms with van der Waals surface area (Å²) in [6, 6.07) is 14.6. The maximum atomic E-state index is 13.1. The highest BCUT2D eigenvalue weighted by molar-refractivity contribution is 6.33. The molecule has 0 aliphatic carbocycles. The second-order valence-electron chi connectivity index (χ2n) is 7.28. The van der Waals surface area contributed by atoms with E-state index in [0.717, 1.165) is 35.0 Å². The normalized spacial score (nSPS) is 11.0. The van der Waals surface area contributed by atoms with Crippen molar-refractivity contribution in [3.8, 4) is 17.5 Å². The largest absolute Gasteiger partial charge is 0.497 e. The van der Waals surface area contributed by atoms with Crippen molar-refractivity contribution >= 4 is 35.2 Å². The molecule has 3 rings (SSSR count). The van der Waals surface area contributed by atoms with Crippen molar-refractivity contribution in [2.24, 2.45) is 0 Å². The zero-order valence-corrected chi connectivity index (χ0v) is 19.4. The quantitative estimate of drug-likeness (QED) is 0.292. The molecule has 0 bridgehead atoms. The molecule has 1 heterocycles. The molecule has 0 atom stereocenters. The van der Waals surface area contributed by atoms with Gasteiger partial charge in [-0.25, -0.2) is 9.18 Å². The van der Waals surface area contributed by atoms with E-state index < -0.39 is 24.3 Å². The lowest BCUT2D eigenvalue weighted by Crippen LogP contribution is -2.21. The fourth-order valence-corrected chi connectivity index (χ4v) is 3.56. The number of anilines is 1. The van der Waals surface area contributed by atoms with Gasteiger partial charge in [0.2, 0.25) is 0 Å². The van der Waals surface area contributed by atoms with Crippen molar-refractivity contribution in [3.63, 3.8) is 0 Å². The lowest BCUT2D eigenvalue weighted by molar-refractivity contribution is -0.142. The number of carbonyl (C=O) groups is 2. The number of rotatable bonds is 7. The topological polar surface area (TPSA) is 93.3 Å². The molecule has 34 heavy (non-hydrogen) atoms. The summed E-state index contributed by atoms with van der Waals surface area (Å²) in [7, 11) is 1.59. The molecule has 0 unspecified atom stereocenters. The van der Waals surface area contributed by atoms with Crippen LogP contribution < -0.4 is 10.1 Å². The molecule has 1 aromatic heterocycles. The SMILES string of the molecule is COc1ccc(-n2c(C)cc(/C=C(\C#N)C(=O)OCC(=O)Nc3ccc(F)cc3Cl)c2C)cc1. The summed E-state index contributed by atoms with van der Waals surface area (Å²) in [6.07, 6.45) is 1.42. The number of amides is 1. The van der Waals surface area contributed by atoms with E-state index in [2.05, 4.69) is 5.32 Å². The van der Waals surface area contributed by atoms with Gasteiger partial charge in [-0.2, -0.15) is 5.26 Å². The molecule has 9 heteroatoms. The molecule has 1 N–H and O–H groups in total. The number of halogens is 2. The molecule has 0 saturated heterocycles. The van der Waals surface area contributed by atoms with Crippen LogP contribution in [0.5, 0.6) is 5.75 Å². The monoisotopic (exact) mass is 481 g/mol. The van der Waals surface area contributed by atoms with E-state index in [0.29, 0.717) is 5.56 Å². The van der Waals surface area contributed by atoms with Gasteiger partial charge in [-0.15, -0.1) is 0 Å². The van der Waals surface area contributed by atoms with E-state index in [1.807, 2.05) is 54.8 Å². The third-order valence-corrected chi connectivity index (χ3v) is 5.29.